The molecule has 2 aliphatic heterocycles. The summed E-state index contributed by atoms with van der Waals surface area (Å²) in [5.74, 6) is 3.31. The highest BCUT2D eigenvalue weighted by atomic mass is 16.2. The van der Waals surface area contributed by atoms with Crippen LogP contribution in [0.3, 0.4) is 0 Å². The summed E-state index contributed by atoms with van der Waals surface area (Å²) in [4.78, 5) is 27.7. The Bertz CT molecular complexity index is 759. The van der Waals surface area contributed by atoms with Gasteiger partial charge in [-0.25, -0.2) is 9.97 Å². The van der Waals surface area contributed by atoms with E-state index in [0.29, 0.717) is 18.3 Å². The molecule has 5 heteroatoms. The van der Waals surface area contributed by atoms with Crippen LogP contribution >= 0.6 is 0 Å². The van der Waals surface area contributed by atoms with Crippen molar-refractivity contribution >= 4 is 11.7 Å². The summed E-state index contributed by atoms with van der Waals surface area (Å²) < 4.78 is 0. The Balaban J connectivity index is 1.33. The molecule has 2 aliphatic carbocycles. The number of aromatic nitrogens is 2. The van der Waals surface area contributed by atoms with E-state index in [2.05, 4.69) is 11.8 Å². The largest absolute Gasteiger partial charge is 0.300 e. The number of carbonyl (C=O) groups is 1. The van der Waals surface area contributed by atoms with Gasteiger partial charge in [0.15, 0.2) is 0 Å². The predicted molar refractivity (Wildman–Crippen MR) is 120 cm³/mol. The second kappa shape index (κ2) is 8.94. The van der Waals surface area contributed by atoms with Crippen LogP contribution in [-0.2, 0) is 11.2 Å². The first kappa shape index (κ1) is 20.4. The molecule has 4 aliphatic rings. The van der Waals surface area contributed by atoms with Crippen LogP contribution in [0.25, 0.3) is 0 Å². The lowest BCUT2D eigenvalue weighted by molar-refractivity contribution is -0.119. The zero-order chi connectivity index (χ0) is 20.5. The quantitative estimate of drug-likeness (QED) is 0.718. The van der Waals surface area contributed by atoms with Crippen LogP contribution in [0.2, 0.25) is 0 Å². The molecule has 1 aromatic heterocycles. The molecule has 3 fully saturated rings. The monoisotopic (exact) mass is 410 g/mol. The van der Waals surface area contributed by atoms with Crippen molar-refractivity contribution in [3.63, 3.8) is 0 Å². The normalized spacial score (nSPS) is 25.1. The number of hydrogen-bond donors (Lipinski definition) is 0. The van der Waals surface area contributed by atoms with Gasteiger partial charge in [-0.1, -0.05) is 32.1 Å². The average molecular weight is 411 g/mol. The number of likely N-dealkylation sites (tertiary alicyclic amines) is 1. The van der Waals surface area contributed by atoms with Gasteiger partial charge in [0.2, 0.25) is 5.91 Å². The summed E-state index contributed by atoms with van der Waals surface area (Å²) in [5, 5.41) is 0. The first-order valence-corrected chi connectivity index (χ1v) is 12.6. The average Bonchev–Trinajstić information content (AvgIpc) is 3.31. The number of anilines is 1. The van der Waals surface area contributed by atoms with Crippen LogP contribution in [0.1, 0.15) is 100 Å². The minimum atomic E-state index is 0.271. The molecular weight excluding hydrogens is 372 g/mol. The number of piperidine rings is 1. The molecule has 1 aromatic rings. The molecule has 1 amide bonds. The van der Waals surface area contributed by atoms with Gasteiger partial charge in [-0.15, -0.1) is 0 Å². The van der Waals surface area contributed by atoms with Crippen LogP contribution in [0.15, 0.2) is 0 Å². The van der Waals surface area contributed by atoms with Gasteiger partial charge >= 0.3 is 0 Å². The van der Waals surface area contributed by atoms with Crippen LogP contribution in [-0.4, -0.2) is 46.5 Å². The highest BCUT2D eigenvalue weighted by Crippen LogP contribution is 2.35. The number of rotatable bonds is 4. The topological polar surface area (TPSA) is 49.3 Å². The SMILES string of the molecule is Cc1nc(C2CCN(C3CCCC3)CC2)nc2c1CCC(=O)N2CC1CCCCC1. The van der Waals surface area contributed by atoms with Crippen LogP contribution in [0.4, 0.5) is 5.82 Å². The molecule has 0 radical (unpaired) electrons. The summed E-state index contributed by atoms with van der Waals surface area (Å²) >= 11 is 0. The Kier molecular flexibility index (Phi) is 6.08. The smallest absolute Gasteiger partial charge is 0.228 e. The lowest BCUT2D eigenvalue weighted by Crippen LogP contribution is -2.41. The number of carbonyl (C=O) groups excluding carboxylic acids is 1. The number of nitrogens with zero attached hydrogens (tertiary/aromatic N) is 4. The van der Waals surface area contributed by atoms with E-state index in [0.717, 1.165) is 49.2 Å². The first-order chi connectivity index (χ1) is 14.7. The Morgan fingerprint density at radius 3 is 2.30 bits per heavy atom. The highest BCUT2D eigenvalue weighted by molar-refractivity contribution is 5.95. The third kappa shape index (κ3) is 4.15. The van der Waals surface area contributed by atoms with Crippen LogP contribution in [0, 0.1) is 12.8 Å². The van der Waals surface area contributed by atoms with Crippen LogP contribution in [0.5, 0.6) is 0 Å². The third-order valence-corrected chi connectivity index (χ3v) is 8.26. The maximum Gasteiger partial charge on any atom is 0.228 e. The zero-order valence-corrected chi connectivity index (χ0v) is 18.7. The third-order valence-electron chi connectivity index (χ3n) is 8.26. The molecule has 164 valence electrons. The van der Waals surface area contributed by atoms with E-state index in [1.165, 1.54) is 76.4 Å². The fourth-order valence-electron chi connectivity index (χ4n) is 6.39. The summed E-state index contributed by atoms with van der Waals surface area (Å²) in [6.07, 6.45) is 15.8. The summed E-state index contributed by atoms with van der Waals surface area (Å²) in [6.45, 7) is 5.35. The molecule has 5 rings (SSSR count). The fourth-order valence-corrected chi connectivity index (χ4v) is 6.39. The predicted octanol–water partition coefficient (Wildman–Crippen LogP) is 4.77. The summed E-state index contributed by atoms with van der Waals surface area (Å²) in [5.41, 5.74) is 2.33. The van der Waals surface area contributed by atoms with Gasteiger partial charge < -0.3 is 4.90 Å². The molecule has 0 bridgehead atoms. The van der Waals surface area contributed by atoms with Gasteiger partial charge in [-0.2, -0.15) is 0 Å². The molecule has 0 spiro atoms. The van der Waals surface area contributed by atoms with Gasteiger partial charge in [0, 0.05) is 36.2 Å². The van der Waals surface area contributed by atoms with Gasteiger partial charge in [0.1, 0.15) is 11.6 Å². The van der Waals surface area contributed by atoms with E-state index in [1.807, 2.05) is 4.90 Å². The number of hydrogen-bond acceptors (Lipinski definition) is 4. The molecule has 0 N–H and O–H groups in total. The van der Waals surface area contributed by atoms with Crippen molar-refractivity contribution in [2.24, 2.45) is 5.92 Å². The van der Waals surface area contributed by atoms with Crippen molar-refractivity contribution in [3.05, 3.63) is 17.1 Å². The standard InChI is InChI=1S/C25H38N4O/c1-18-22-11-12-23(30)29(17-19-7-3-2-4-8-19)25(22)27-24(26-18)20-13-15-28(16-14-20)21-9-5-6-10-21/h19-21H,2-17H2,1H3. The number of amides is 1. The second-order valence-electron chi connectivity index (χ2n) is 10.2. The summed E-state index contributed by atoms with van der Waals surface area (Å²) in [6, 6.07) is 0.820. The van der Waals surface area contributed by atoms with Crippen molar-refractivity contribution in [2.45, 2.75) is 102 Å². The molecule has 2 saturated carbocycles. The van der Waals surface area contributed by atoms with Crippen molar-refractivity contribution in [1.29, 1.82) is 0 Å². The van der Waals surface area contributed by atoms with Crippen LogP contribution < -0.4 is 4.90 Å². The maximum absolute atomic E-state index is 12.9. The highest BCUT2D eigenvalue weighted by Gasteiger charge is 2.33. The summed E-state index contributed by atoms with van der Waals surface area (Å²) in [7, 11) is 0. The molecule has 5 nitrogen and oxygen atoms in total. The molecule has 0 unspecified atom stereocenters. The lowest BCUT2D eigenvalue weighted by Gasteiger charge is -2.37. The maximum atomic E-state index is 12.9. The fraction of sp³-hybridized carbons (Fsp3) is 0.800. The number of fused-ring (bicyclic) bond motifs is 1. The Hall–Kier alpha value is -1.49. The van der Waals surface area contributed by atoms with Gasteiger partial charge in [0.25, 0.3) is 0 Å². The van der Waals surface area contributed by atoms with Crippen molar-refractivity contribution in [2.75, 3.05) is 24.5 Å². The molecule has 30 heavy (non-hydrogen) atoms. The minimum absolute atomic E-state index is 0.271. The minimum Gasteiger partial charge on any atom is -0.300 e. The first-order valence-electron chi connectivity index (χ1n) is 12.6. The van der Waals surface area contributed by atoms with E-state index in [4.69, 9.17) is 9.97 Å². The van der Waals surface area contributed by atoms with E-state index in [1.54, 1.807) is 0 Å². The van der Waals surface area contributed by atoms with Gasteiger partial charge in [-0.05, 0) is 70.9 Å². The van der Waals surface area contributed by atoms with E-state index in [9.17, 15) is 4.79 Å². The Morgan fingerprint density at radius 1 is 0.867 bits per heavy atom. The molecule has 0 atom stereocenters. The van der Waals surface area contributed by atoms with E-state index >= 15 is 0 Å². The zero-order valence-electron chi connectivity index (χ0n) is 18.7. The number of aryl methyl sites for hydroxylation is 1. The van der Waals surface area contributed by atoms with Gasteiger partial charge in [-0.3, -0.25) is 9.69 Å². The Morgan fingerprint density at radius 2 is 1.57 bits per heavy atom. The molecule has 0 aromatic carbocycles. The molecule has 1 saturated heterocycles. The van der Waals surface area contributed by atoms with Crippen molar-refractivity contribution in [1.82, 2.24) is 14.9 Å². The van der Waals surface area contributed by atoms with E-state index in [-0.39, 0.29) is 5.91 Å². The molecule has 3 heterocycles. The van der Waals surface area contributed by atoms with Crippen molar-refractivity contribution in [3.8, 4) is 0 Å². The van der Waals surface area contributed by atoms with E-state index < -0.39 is 0 Å². The second-order valence-corrected chi connectivity index (χ2v) is 10.2. The lowest BCUT2D eigenvalue weighted by atomic mass is 9.88. The van der Waals surface area contributed by atoms with Gasteiger partial charge in [0.05, 0.1) is 0 Å². The van der Waals surface area contributed by atoms with Crippen molar-refractivity contribution < 1.29 is 4.79 Å². The molecular formula is C25H38N4O. The Labute approximate surface area is 181 Å².